The van der Waals surface area contributed by atoms with Crippen LogP contribution in [0.5, 0.6) is 0 Å². The van der Waals surface area contributed by atoms with Crippen LogP contribution in [0.2, 0.25) is 5.02 Å². The topological polar surface area (TPSA) is 41.3 Å². The van der Waals surface area contributed by atoms with Crippen LogP contribution in [0.1, 0.15) is 24.2 Å². The van der Waals surface area contributed by atoms with Gasteiger partial charge in [-0.3, -0.25) is 9.58 Å². The highest BCUT2D eigenvalue weighted by Gasteiger charge is 2.13. The first-order valence-corrected chi connectivity index (χ1v) is 7.09. The maximum Gasteiger partial charge on any atom is 0.0917 e. The van der Waals surface area contributed by atoms with Crippen LogP contribution in [0.4, 0.5) is 0 Å². The van der Waals surface area contributed by atoms with E-state index in [2.05, 4.69) is 16.9 Å². The molecule has 4 nitrogen and oxygen atoms in total. The summed E-state index contributed by atoms with van der Waals surface area (Å²) in [6, 6.07) is 7.34. The summed E-state index contributed by atoms with van der Waals surface area (Å²) in [6.45, 7) is 4.34. The summed E-state index contributed by atoms with van der Waals surface area (Å²) in [5.74, 6) is 0. The zero-order chi connectivity index (χ0) is 14.5. The Kier molecular flexibility index (Phi) is 5.17. The van der Waals surface area contributed by atoms with E-state index in [-0.39, 0.29) is 0 Å². The Hall–Kier alpha value is -1.36. The zero-order valence-electron chi connectivity index (χ0n) is 11.8. The van der Waals surface area contributed by atoms with E-state index in [1.54, 1.807) is 16.8 Å². The van der Waals surface area contributed by atoms with Crippen molar-refractivity contribution in [1.29, 1.82) is 0 Å². The van der Waals surface area contributed by atoms with E-state index in [1.165, 1.54) is 0 Å². The number of halogens is 1. The van der Waals surface area contributed by atoms with Gasteiger partial charge in [0.2, 0.25) is 0 Å². The fraction of sp³-hybridized carbons (Fsp3) is 0.400. The first-order valence-electron chi connectivity index (χ1n) is 6.72. The number of aliphatic hydroxyl groups is 1. The number of hydrogen-bond donors (Lipinski definition) is 1. The van der Waals surface area contributed by atoms with E-state index in [9.17, 15) is 5.11 Å². The molecule has 0 aliphatic rings. The fourth-order valence-corrected chi connectivity index (χ4v) is 2.28. The summed E-state index contributed by atoms with van der Waals surface area (Å²) in [4.78, 5) is 2.19. The van der Waals surface area contributed by atoms with Crippen molar-refractivity contribution in [1.82, 2.24) is 14.7 Å². The zero-order valence-corrected chi connectivity index (χ0v) is 12.6. The summed E-state index contributed by atoms with van der Waals surface area (Å²) >= 11 is 5.86. The van der Waals surface area contributed by atoms with E-state index in [0.29, 0.717) is 11.6 Å². The largest absolute Gasteiger partial charge is 0.387 e. The molecule has 0 radical (unpaired) electrons. The van der Waals surface area contributed by atoms with Gasteiger partial charge in [-0.15, -0.1) is 0 Å². The average molecular weight is 294 g/mol. The number of rotatable bonds is 6. The van der Waals surface area contributed by atoms with Crippen LogP contribution in [0, 0.1) is 0 Å². The van der Waals surface area contributed by atoms with Crippen molar-refractivity contribution in [2.45, 2.75) is 19.6 Å². The third kappa shape index (κ3) is 4.07. The Bertz CT molecular complexity index is 538. The smallest absolute Gasteiger partial charge is 0.0917 e. The van der Waals surface area contributed by atoms with E-state index in [0.717, 1.165) is 24.2 Å². The van der Waals surface area contributed by atoms with E-state index in [4.69, 9.17) is 11.6 Å². The molecule has 108 valence electrons. The lowest BCUT2D eigenvalue weighted by molar-refractivity contribution is 0.112. The Balaban J connectivity index is 1.96. The molecule has 1 unspecified atom stereocenters. The summed E-state index contributed by atoms with van der Waals surface area (Å²) in [6.07, 6.45) is 3.35. The lowest BCUT2D eigenvalue weighted by Gasteiger charge is -2.23. The quantitative estimate of drug-likeness (QED) is 0.890. The van der Waals surface area contributed by atoms with Gasteiger partial charge in [0.25, 0.3) is 0 Å². The second-order valence-corrected chi connectivity index (χ2v) is 5.35. The minimum Gasteiger partial charge on any atom is -0.387 e. The van der Waals surface area contributed by atoms with E-state index in [1.807, 2.05) is 31.6 Å². The van der Waals surface area contributed by atoms with Crippen molar-refractivity contribution in [2.75, 3.05) is 13.1 Å². The van der Waals surface area contributed by atoms with Gasteiger partial charge in [0.05, 0.1) is 12.3 Å². The molecule has 2 rings (SSSR count). The molecule has 1 aromatic carbocycles. The monoisotopic (exact) mass is 293 g/mol. The molecule has 20 heavy (non-hydrogen) atoms. The fourth-order valence-electron chi connectivity index (χ4n) is 2.15. The highest BCUT2D eigenvalue weighted by atomic mass is 35.5. The predicted molar refractivity (Wildman–Crippen MR) is 80.6 cm³/mol. The van der Waals surface area contributed by atoms with Crippen LogP contribution in [0.25, 0.3) is 0 Å². The van der Waals surface area contributed by atoms with Crippen molar-refractivity contribution in [3.8, 4) is 0 Å². The number of nitrogens with zero attached hydrogens (tertiary/aromatic N) is 3. The van der Waals surface area contributed by atoms with Crippen LogP contribution in [0.3, 0.4) is 0 Å². The molecule has 1 aromatic heterocycles. The second kappa shape index (κ2) is 6.88. The highest BCUT2D eigenvalue weighted by Crippen LogP contribution is 2.18. The van der Waals surface area contributed by atoms with Crippen LogP contribution in [0.15, 0.2) is 36.7 Å². The van der Waals surface area contributed by atoms with Crippen LogP contribution >= 0.6 is 11.6 Å². The molecule has 0 amide bonds. The molecule has 2 aromatic rings. The number of aryl methyl sites for hydroxylation is 1. The Morgan fingerprint density at radius 3 is 2.60 bits per heavy atom. The number of likely N-dealkylation sites (N-methyl/N-ethyl adjacent to an activating group) is 1. The first kappa shape index (κ1) is 15.0. The maximum absolute atomic E-state index is 10.3. The second-order valence-electron chi connectivity index (χ2n) is 4.92. The first-order chi connectivity index (χ1) is 9.58. The van der Waals surface area contributed by atoms with Crippen molar-refractivity contribution < 1.29 is 5.11 Å². The van der Waals surface area contributed by atoms with Gasteiger partial charge in [-0.25, -0.2) is 0 Å². The molecule has 0 bridgehead atoms. The molecule has 0 fully saturated rings. The highest BCUT2D eigenvalue weighted by molar-refractivity contribution is 6.30. The molecule has 0 saturated heterocycles. The minimum atomic E-state index is -0.510. The Labute approximate surface area is 124 Å². The van der Waals surface area contributed by atoms with E-state index < -0.39 is 6.10 Å². The lowest BCUT2D eigenvalue weighted by atomic mass is 10.1. The van der Waals surface area contributed by atoms with Gasteiger partial charge < -0.3 is 5.11 Å². The van der Waals surface area contributed by atoms with Crippen molar-refractivity contribution in [3.05, 3.63) is 52.8 Å². The SMILES string of the molecule is CCN(Cc1cnn(C)c1)CC(O)c1ccc(Cl)cc1. The van der Waals surface area contributed by atoms with Crippen molar-refractivity contribution in [2.24, 2.45) is 7.05 Å². The molecule has 5 heteroatoms. The van der Waals surface area contributed by atoms with Crippen LogP contribution in [-0.2, 0) is 13.6 Å². The number of aromatic nitrogens is 2. The summed E-state index contributed by atoms with van der Waals surface area (Å²) < 4.78 is 1.79. The molecule has 0 spiro atoms. The normalized spacial score (nSPS) is 12.8. The molecule has 1 atom stereocenters. The van der Waals surface area contributed by atoms with Gasteiger partial charge in [0.1, 0.15) is 0 Å². The minimum absolute atomic E-state index is 0.510. The molecule has 1 N–H and O–H groups in total. The van der Waals surface area contributed by atoms with Gasteiger partial charge in [0, 0.05) is 36.9 Å². The van der Waals surface area contributed by atoms with Gasteiger partial charge in [-0.05, 0) is 24.2 Å². The van der Waals surface area contributed by atoms with Crippen LogP contribution in [-0.4, -0.2) is 32.9 Å². The molecular formula is C15H20ClN3O. The lowest BCUT2D eigenvalue weighted by Crippen LogP contribution is -2.28. The van der Waals surface area contributed by atoms with Gasteiger partial charge >= 0.3 is 0 Å². The molecule has 0 saturated carbocycles. The van der Waals surface area contributed by atoms with Gasteiger partial charge in [-0.1, -0.05) is 30.7 Å². The number of benzene rings is 1. The summed E-state index contributed by atoms with van der Waals surface area (Å²) in [5, 5.41) is 15.1. The predicted octanol–water partition coefficient (Wildman–Crippen LogP) is 2.63. The average Bonchev–Trinajstić information content (AvgIpc) is 2.84. The third-order valence-corrected chi connectivity index (χ3v) is 3.55. The van der Waals surface area contributed by atoms with Gasteiger partial charge in [-0.2, -0.15) is 5.10 Å². The number of aliphatic hydroxyl groups excluding tert-OH is 1. The Morgan fingerprint density at radius 2 is 2.05 bits per heavy atom. The maximum atomic E-state index is 10.3. The van der Waals surface area contributed by atoms with Crippen molar-refractivity contribution in [3.63, 3.8) is 0 Å². The number of hydrogen-bond acceptors (Lipinski definition) is 3. The van der Waals surface area contributed by atoms with E-state index >= 15 is 0 Å². The molecule has 0 aliphatic heterocycles. The Morgan fingerprint density at radius 1 is 1.35 bits per heavy atom. The molecular weight excluding hydrogens is 274 g/mol. The van der Waals surface area contributed by atoms with Crippen molar-refractivity contribution >= 4 is 11.6 Å². The molecule has 1 heterocycles. The third-order valence-electron chi connectivity index (χ3n) is 3.30. The summed E-state index contributed by atoms with van der Waals surface area (Å²) in [5.41, 5.74) is 2.04. The van der Waals surface area contributed by atoms with Gasteiger partial charge in [0.15, 0.2) is 0 Å². The standard InChI is InChI=1S/C15H20ClN3O/c1-3-19(10-12-8-17-18(2)9-12)11-15(20)13-4-6-14(16)7-5-13/h4-9,15,20H,3,10-11H2,1-2H3. The molecule has 0 aliphatic carbocycles. The summed E-state index contributed by atoms with van der Waals surface area (Å²) in [7, 11) is 1.91. The van der Waals surface area contributed by atoms with Crippen LogP contribution < -0.4 is 0 Å².